The number of likely N-dealkylation sites (tertiary alicyclic amines) is 1. The Labute approximate surface area is 189 Å². The van der Waals surface area contributed by atoms with Crippen LogP contribution in [0.3, 0.4) is 0 Å². The molecule has 6 nitrogen and oxygen atoms in total. The van der Waals surface area contributed by atoms with Crippen molar-refractivity contribution in [3.63, 3.8) is 0 Å². The fraction of sp³-hybridized carbons (Fsp3) is 0.375. The standard InChI is InChI=1S/C24H24BrN3O3/c1-31-24(30)18-6-9-20-21(12-18)28(22(26-20)16-4-7-19(25)8-5-16)14-15-10-11-27(13-15)23(29)17-2-3-17/h4-9,12,15,17H,2-3,10-11,13-14H2,1H3. The van der Waals surface area contributed by atoms with E-state index in [4.69, 9.17) is 9.72 Å². The zero-order valence-electron chi connectivity index (χ0n) is 17.4. The fourth-order valence-electron chi connectivity index (χ4n) is 4.40. The van der Waals surface area contributed by atoms with Crippen LogP contribution in [-0.4, -0.2) is 46.5 Å². The highest BCUT2D eigenvalue weighted by Gasteiger charge is 2.36. The number of aromatic nitrogens is 2. The van der Waals surface area contributed by atoms with Gasteiger partial charge in [0.2, 0.25) is 5.91 Å². The molecular weight excluding hydrogens is 458 g/mol. The molecular formula is C24H24BrN3O3. The molecule has 0 bridgehead atoms. The van der Waals surface area contributed by atoms with E-state index in [2.05, 4.69) is 20.5 Å². The maximum Gasteiger partial charge on any atom is 0.337 e. The molecule has 1 saturated heterocycles. The molecule has 1 atom stereocenters. The predicted molar refractivity (Wildman–Crippen MR) is 122 cm³/mol. The molecule has 2 aromatic carbocycles. The number of benzene rings is 2. The smallest absolute Gasteiger partial charge is 0.337 e. The third-order valence-corrected chi connectivity index (χ3v) is 6.77. The maximum atomic E-state index is 12.5. The molecule has 1 aliphatic heterocycles. The Hall–Kier alpha value is -2.67. The van der Waals surface area contributed by atoms with Crippen molar-refractivity contribution >= 4 is 38.8 Å². The summed E-state index contributed by atoms with van der Waals surface area (Å²) < 4.78 is 8.12. The highest BCUT2D eigenvalue weighted by Crippen LogP contribution is 2.34. The number of hydrogen-bond acceptors (Lipinski definition) is 4. The fourth-order valence-corrected chi connectivity index (χ4v) is 4.66. The average molecular weight is 482 g/mol. The van der Waals surface area contributed by atoms with Crippen LogP contribution in [0.1, 0.15) is 29.6 Å². The van der Waals surface area contributed by atoms with Crippen LogP contribution in [0.4, 0.5) is 0 Å². The van der Waals surface area contributed by atoms with Crippen LogP contribution in [-0.2, 0) is 16.1 Å². The zero-order chi connectivity index (χ0) is 21.5. The number of fused-ring (bicyclic) bond motifs is 1. The van der Waals surface area contributed by atoms with E-state index in [1.165, 1.54) is 7.11 Å². The molecule has 160 valence electrons. The van der Waals surface area contributed by atoms with Gasteiger partial charge >= 0.3 is 5.97 Å². The minimum absolute atomic E-state index is 0.258. The summed E-state index contributed by atoms with van der Waals surface area (Å²) in [6, 6.07) is 13.6. The van der Waals surface area contributed by atoms with Gasteiger partial charge in [-0.2, -0.15) is 0 Å². The van der Waals surface area contributed by atoms with Gasteiger partial charge in [0.1, 0.15) is 5.82 Å². The third kappa shape index (κ3) is 3.99. The number of esters is 1. The lowest BCUT2D eigenvalue weighted by Crippen LogP contribution is -2.30. The first kappa shape index (κ1) is 20.2. The number of methoxy groups -OCH3 is 1. The Bertz CT molecular complexity index is 1150. The number of carbonyl (C=O) groups is 2. The summed E-state index contributed by atoms with van der Waals surface area (Å²) in [7, 11) is 1.39. The summed E-state index contributed by atoms with van der Waals surface area (Å²) >= 11 is 3.50. The molecule has 1 unspecified atom stereocenters. The molecule has 0 spiro atoms. The molecule has 2 fully saturated rings. The molecule has 3 aromatic rings. The van der Waals surface area contributed by atoms with Crippen molar-refractivity contribution in [1.29, 1.82) is 0 Å². The number of imidazole rings is 1. The van der Waals surface area contributed by atoms with Crippen LogP contribution in [0.15, 0.2) is 46.9 Å². The van der Waals surface area contributed by atoms with Crippen LogP contribution in [0, 0.1) is 11.8 Å². The van der Waals surface area contributed by atoms with E-state index in [0.29, 0.717) is 17.4 Å². The second kappa shape index (κ2) is 8.11. The van der Waals surface area contributed by atoms with Gasteiger partial charge in [0.25, 0.3) is 0 Å². The number of halogens is 1. The minimum atomic E-state index is -0.359. The van der Waals surface area contributed by atoms with E-state index in [9.17, 15) is 9.59 Å². The van der Waals surface area contributed by atoms with E-state index in [0.717, 1.165) is 65.8 Å². The molecule has 2 aliphatic rings. The molecule has 1 aliphatic carbocycles. The Balaban J connectivity index is 1.51. The molecule has 1 aromatic heterocycles. The topological polar surface area (TPSA) is 64.4 Å². The van der Waals surface area contributed by atoms with Crippen LogP contribution in [0.25, 0.3) is 22.4 Å². The Morgan fingerprint density at radius 3 is 2.61 bits per heavy atom. The average Bonchev–Trinajstić information content (AvgIpc) is 3.44. The summed E-state index contributed by atoms with van der Waals surface area (Å²) in [4.78, 5) is 31.5. The normalized spacial score (nSPS) is 18.5. The van der Waals surface area contributed by atoms with Crippen LogP contribution < -0.4 is 0 Å². The van der Waals surface area contributed by atoms with Gasteiger partial charge in [0, 0.05) is 35.6 Å². The Morgan fingerprint density at radius 2 is 1.90 bits per heavy atom. The van der Waals surface area contributed by atoms with Gasteiger partial charge in [-0.1, -0.05) is 28.1 Å². The summed E-state index contributed by atoms with van der Waals surface area (Å²) in [6.07, 6.45) is 3.06. The quantitative estimate of drug-likeness (QED) is 0.502. The van der Waals surface area contributed by atoms with Gasteiger partial charge in [-0.3, -0.25) is 4.79 Å². The third-order valence-electron chi connectivity index (χ3n) is 6.24. The molecule has 1 saturated carbocycles. The summed E-state index contributed by atoms with van der Waals surface area (Å²) in [5.74, 6) is 1.45. The Kier molecular flexibility index (Phi) is 5.30. The van der Waals surface area contributed by atoms with Crippen LogP contribution >= 0.6 is 15.9 Å². The van der Waals surface area contributed by atoms with E-state index in [-0.39, 0.29) is 11.9 Å². The van der Waals surface area contributed by atoms with E-state index in [1.807, 2.05) is 41.3 Å². The van der Waals surface area contributed by atoms with Crippen LogP contribution in [0.5, 0.6) is 0 Å². The van der Waals surface area contributed by atoms with Crippen LogP contribution in [0.2, 0.25) is 0 Å². The number of ether oxygens (including phenoxy) is 1. The Morgan fingerprint density at radius 1 is 1.13 bits per heavy atom. The van der Waals surface area contributed by atoms with Gasteiger partial charge in [-0.25, -0.2) is 9.78 Å². The van der Waals surface area contributed by atoms with Gasteiger partial charge in [-0.05, 0) is 55.5 Å². The summed E-state index contributed by atoms with van der Waals surface area (Å²) in [5, 5.41) is 0. The first-order valence-electron chi connectivity index (χ1n) is 10.7. The molecule has 0 radical (unpaired) electrons. The van der Waals surface area contributed by atoms with Crippen molar-refractivity contribution < 1.29 is 14.3 Å². The molecule has 31 heavy (non-hydrogen) atoms. The number of amides is 1. The highest BCUT2D eigenvalue weighted by molar-refractivity contribution is 9.10. The first-order chi connectivity index (χ1) is 15.0. The minimum Gasteiger partial charge on any atom is -0.465 e. The monoisotopic (exact) mass is 481 g/mol. The van der Waals surface area contributed by atoms with Crippen molar-refractivity contribution in [3.05, 3.63) is 52.5 Å². The van der Waals surface area contributed by atoms with Gasteiger partial charge < -0.3 is 14.2 Å². The largest absolute Gasteiger partial charge is 0.465 e. The molecule has 7 heteroatoms. The van der Waals surface area contributed by atoms with Gasteiger partial charge in [-0.15, -0.1) is 0 Å². The SMILES string of the molecule is COC(=O)c1ccc2nc(-c3ccc(Br)cc3)n(CC3CCN(C(=O)C4CC4)C3)c2c1. The molecule has 0 N–H and O–H groups in total. The zero-order valence-corrected chi connectivity index (χ0v) is 19.0. The lowest BCUT2D eigenvalue weighted by Gasteiger charge is -2.18. The number of rotatable bonds is 5. The van der Waals surface area contributed by atoms with Gasteiger partial charge in [0.15, 0.2) is 0 Å². The lowest BCUT2D eigenvalue weighted by atomic mass is 10.1. The second-order valence-electron chi connectivity index (χ2n) is 8.46. The number of nitrogens with zero attached hydrogens (tertiary/aromatic N) is 3. The van der Waals surface area contributed by atoms with Crippen molar-refractivity contribution in [3.8, 4) is 11.4 Å². The maximum absolute atomic E-state index is 12.5. The van der Waals surface area contributed by atoms with E-state index >= 15 is 0 Å². The molecule has 5 rings (SSSR count). The van der Waals surface area contributed by atoms with E-state index in [1.54, 1.807) is 6.07 Å². The lowest BCUT2D eigenvalue weighted by molar-refractivity contribution is -0.131. The van der Waals surface area contributed by atoms with Crippen molar-refractivity contribution in [2.75, 3.05) is 20.2 Å². The predicted octanol–water partition coefficient (Wildman–Crippen LogP) is 4.51. The number of carbonyl (C=O) groups excluding carboxylic acids is 2. The summed E-state index contributed by atoms with van der Waals surface area (Å²) in [5.41, 5.74) is 3.28. The van der Waals surface area contributed by atoms with Gasteiger partial charge in [0.05, 0.1) is 23.7 Å². The van der Waals surface area contributed by atoms with Crippen molar-refractivity contribution in [1.82, 2.24) is 14.5 Å². The molecule has 2 heterocycles. The first-order valence-corrected chi connectivity index (χ1v) is 11.5. The highest BCUT2D eigenvalue weighted by atomic mass is 79.9. The van der Waals surface area contributed by atoms with E-state index < -0.39 is 0 Å². The second-order valence-corrected chi connectivity index (χ2v) is 9.38. The van der Waals surface area contributed by atoms with Crippen molar-refractivity contribution in [2.45, 2.75) is 25.8 Å². The summed E-state index contributed by atoms with van der Waals surface area (Å²) in [6.45, 7) is 2.36. The van der Waals surface area contributed by atoms with Crippen molar-refractivity contribution in [2.24, 2.45) is 11.8 Å². The number of hydrogen-bond donors (Lipinski definition) is 0. The molecule has 1 amide bonds.